The van der Waals surface area contributed by atoms with Gasteiger partial charge in [0.25, 0.3) is 0 Å². The molecule has 21 heavy (non-hydrogen) atoms. The van der Waals surface area contributed by atoms with Crippen molar-refractivity contribution in [1.82, 2.24) is 4.90 Å². The van der Waals surface area contributed by atoms with Crippen LogP contribution in [0.2, 0.25) is 0 Å². The second kappa shape index (κ2) is 5.44. The Morgan fingerprint density at radius 3 is 2.33 bits per heavy atom. The van der Waals surface area contributed by atoms with E-state index in [1.54, 1.807) is 6.07 Å². The molecule has 1 aromatic carbocycles. The van der Waals surface area contributed by atoms with Gasteiger partial charge in [-0.3, -0.25) is 14.5 Å². The fourth-order valence-electron chi connectivity index (χ4n) is 2.61. The summed E-state index contributed by atoms with van der Waals surface area (Å²) in [4.78, 5) is 24.5. The van der Waals surface area contributed by atoms with Crippen molar-refractivity contribution >= 4 is 11.8 Å². The lowest BCUT2D eigenvalue weighted by Crippen LogP contribution is -2.31. The van der Waals surface area contributed by atoms with E-state index in [4.69, 9.17) is 14.7 Å². The van der Waals surface area contributed by atoms with Gasteiger partial charge in [0.2, 0.25) is 18.6 Å². The fraction of sp³-hybridized carbons (Fsp3) is 0.400. The van der Waals surface area contributed by atoms with Gasteiger partial charge in [-0.25, -0.2) is 0 Å². The molecule has 1 saturated heterocycles. The van der Waals surface area contributed by atoms with Crippen molar-refractivity contribution in [3.8, 4) is 17.6 Å². The first-order valence-corrected chi connectivity index (χ1v) is 6.80. The molecule has 6 heteroatoms. The summed E-state index contributed by atoms with van der Waals surface area (Å²) in [5.41, 5.74) is 1.76. The number of carbonyl (C=O) groups is 2. The normalized spacial score (nSPS) is 16.4. The molecule has 6 nitrogen and oxygen atoms in total. The number of nitrogens with zero attached hydrogens (tertiary/aromatic N) is 2. The third kappa shape index (κ3) is 2.55. The largest absolute Gasteiger partial charge is 0.454 e. The zero-order valence-corrected chi connectivity index (χ0v) is 11.4. The molecule has 0 radical (unpaired) electrons. The summed E-state index contributed by atoms with van der Waals surface area (Å²) in [7, 11) is 0. The zero-order chi connectivity index (χ0) is 14.8. The van der Waals surface area contributed by atoms with Gasteiger partial charge in [-0.2, -0.15) is 5.26 Å². The number of rotatable bonds is 4. The monoisotopic (exact) mass is 286 g/mol. The zero-order valence-electron chi connectivity index (χ0n) is 11.4. The number of amides is 2. The minimum absolute atomic E-state index is 0.123. The first kappa shape index (κ1) is 13.4. The summed E-state index contributed by atoms with van der Waals surface area (Å²) in [5.74, 6) is 1.04. The SMILES string of the molecule is N#CCc1cc2c(cc1CCN1C(=O)CCC1=O)OCO2. The molecule has 2 amide bonds. The minimum atomic E-state index is -0.123. The number of ether oxygens (including phenoxy) is 2. The number of hydrogen-bond acceptors (Lipinski definition) is 5. The number of imide groups is 1. The first-order valence-electron chi connectivity index (χ1n) is 6.80. The van der Waals surface area contributed by atoms with Gasteiger partial charge >= 0.3 is 0 Å². The number of hydrogen-bond donors (Lipinski definition) is 0. The highest BCUT2D eigenvalue weighted by molar-refractivity contribution is 6.01. The predicted molar refractivity (Wildman–Crippen MR) is 71.5 cm³/mol. The standard InChI is InChI=1S/C15H14N2O4/c16-5-3-10-7-12-13(21-9-20-12)8-11(10)4-6-17-14(18)1-2-15(17)19/h7-8H,1-4,6,9H2. The predicted octanol–water partition coefficient (Wildman–Crippen LogP) is 1.17. The van der Waals surface area contributed by atoms with E-state index >= 15 is 0 Å². The molecule has 0 N–H and O–H groups in total. The summed E-state index contributed by atoms with van der Waals surface area (Å²) in [6.45, 7) is 0.517. The third-order valence-corrected chi connectivity index (χ3v) is 3.72. The van der Waals surface area contributed by atoms with Crippen molar-refractivity contribution in [3.63, 3.8) is 0 Å². The Labute approximate surface area is 121 Å². The van der Waals surface area contributed by atoms with Crippen LogP contribution in [0.25, 0.3) is 0 Å². The van der Waals surface area contributed by atoms with Crippen LogP contribution in [0, 0.1) is 11.3 Å². The Balaban J connectivity index is 1.79. The number of nitriles is 1. The summed E-state index contributed by atoms with van der Waals surface area (Å²) in [5, 5.41) is 8.92. The van der Waals surface area contributed by atoms with Gasteiger partial charge in [-0.05, 0) is 29.7 Å². The van der Waals surface area contributed by atoms with Crippen LogP contribution in [0.1, 0.15) is 24.0 Å². The van der Waals surface area contributed by atoms with Crippen LogP contribution >= 0.6 is 0 Å². The van der Waals surface area contributed by atoms with Crippen LogP contribution in [-0.4, -0.2) is 30.1 Å². The number of likely N-dealkylation sites (tertiary alicyclic amines) is 1. The van der Waals surface area contributed by atoms with Crippen LogP contribution in [0.4, 0.5) is 0 Å². The molecule has 2 aliphatic rings. The van der Waals surface area contributed by atoms with Crippen molar-refractivity contribution in [2.45, 2.75) is 25.7 Å². The Kier molecular flexibility index (Phi) is 3.48. The van der Waals surface area contributed by atoms with Crippen molar-refractivity contribution in [2.75, 3.05) is 13.3 Å². The van der Waals surface area contributed by atoms with Gasteiger partial charge in [0.1, 0.15) is 0 Å². The second-order valence-electron chi connectivity index (χ2n) is 5.00. The van der Waals surface area contributed by atoms with E-state index in [0.717, 1.165) is 11.1 Å². The van der Waals surface area contributed by atoms with Crippen LogP contribution in [-0.2, 0) is 22.4 Å². The van der Waals surface area contributed by atoms with Gasteiger partial charge in [-0.1, -0.05) is 0 Å². The molecule has 0 saturated carbocycles. The molecule has 1 aromatic rings. The average molecular weight is 286 g/mol. The molecule has 0 aliphatic carbocycles. The number of carbonyl (C=O) groups excluding carboxylic acids is 2. The van der Waals surface area contributed by atoms with Gasteiger partial charge in [0, 0.05) is 19.4 Å². The molecule has 2 heterocycles. The maximum Gasteiger partial charge on any atom is 0.231 e. The molecule has 0 aromatic heterocycles. The highest BCUT2D eigenvalue weighted by Crippen LogP contribution is 2.35. The average Bonchev–Trinajstić information content (AvgIpc) is 3.04. The summed E-state index contributed by atoms with van der Waals surface area (Å²) in [6, 6.07) is 5.75. The number of benzene rings is 1. The van der Waals surface area contributed by atoms with E-state index in [9.17, 15) is 9.59 Å². The highest BCUT2D eigenvalue weighted by atomic mass is 16.7. The summed E-state index contributed by atoms with van der Waals surface area (Å²) >= 11 is 0. The maximum absolute atomic E-state index is 11.6. The van der Waals surface area contributed by atoms with E-state index in [1.807, 2.05) is 6.07 Å². The molecule has 3 rings (SSSR count). The molecule has 0 bridgehead atoms. The second-order valence-corrected chi connectivity index (χ2v) is 5.00. The lowest BCUT2D eigenvalue weighted by Gasteiger charge is -2.15. The molecule has 0 atom stereocenters. The molecule has 1 fully saturated rings. The fourth-order valence-corrected chi connectivity index (χ4v) is 2.61. The van der Waals surface area contributed by atoms with Crippen LogP contribution in [0.15, 0.2) is 12.1 Å². The van der Waals surface area contributed by atoms with Crippen molar-refractivity contribution in [2.24, 2.45) is 0 Å². The lowest BCUT2D eigenvalue weighted by molar-refractivity contribution is -0.138. The van der Waals surface area contributed by atoms with Crippen molar-refractivity contribution in [1.29, 1.82) is 5.26 Å². The van der Waals surface area contributed by atoms with E-state index < -0.39 is 0 Å². The molecule has 0 spiro atoms. The summed E-state index contributed by atoms with van der Waals surface area (Å²) in [6.07, 6.45) is 1.37. The molecule has 0 unspecified atom stereocenters. The van der Waals surface area contributed by atoms with Crippen molar-refractivity contribution in [3.05, 3.63) is 23.3 Å². The Bertz CT molecular complexity index is 632. The van der Waals surface area contributed by atoms with Gasteiger partial charge in [-0.15, -0.1) is 0 Å². The summed E-state index contributed by atoms with van der Waals surface area (Å²) < 4.78 is 10.6. The van der Waals surface area contributed by atoms with Crippen LogP contribution in [0.3, 0.4) is 0 Å². The van der Waals surface area contributed by atoms with E-state index in [2.05, 4.69) is 6.07 Å². The van der Waals surface area contributed by atoms with E-state index in [-0.39, 0.29) is 25.0 Å². The van der Waals surface area contributed by atoms with E-state index in [1.165, 1.54) is 4.90 Å². The Morgan fingerprint density at radius 1 is 1.10 bits per heavy atom. The quantitative estimate of drug-likeness (QED) is 0.776. The lowest BCUT2D eigenvalue weighted by atomic mass is 10.0. The number of fused-ring (bicyclic) bond motifs is 1. The van der Waals surface area contributed by atoms with Gasteiger partial charge in [0.05, 0.1) is 12.5 Å². The van der Waals surface area contributed by atoms with Crippen LogP contribution < -0.4 is 9.47 Å². The molecule has 2 aliphatic heterocycles. The smallest absolute Gasteiger partial charge is 0.231 e. The van der Waals surface area contributed by atoms with Crippen LogP contribution in [0.5, 0.6) is 11.5 Å². The Hall–Kier alpha value is -2.55. The van der Waals surface area contributed by atoms with E-state index in [0.29, 0.717) is 37.3 Å². The third-order valence-electron chi connectivity index (χ3n) is 3.72. The Morgan fingerprint density at radius 2 is 1.71 bits per heavy atom. The van der Waals surface area contributed by atoms with Crippen molar-refractivity contribution < 1.29 is 19.1 Å². The maximum atomic E-state index is 11.6. The van der Waals surface area contributed by atoms with Gasteiger partial charge in [0.15, 0.2) is 11.5 Å². The molecular weight excluding hydrogens is 272 g/mol. The molecular formula is C15H14N2O4. The minimum Gasteiger partial charge on any atom is -0.454 e. The first-order chi connectivity index (χ1) is 10.2. The topological polar surface area (TPSA) is 79.6 Å². The highest BCUT2D eigenvalue weighted by Gasteiger charge is 2.28. The van der Waals surface area contributed by atoms with Gasteiger partial charge < -0.3 is 9.47 Å². The molecule has 108 valence electrons.